The van der Waals surface area contributed by atoms with Gasteiger partial charge in [-0.2, -0.15) is 5.10 Å². The van der Waals surface area contributed by atoms with E-state index in [1.807, 2.05) is 12.1 Å². The van der Waals surface area contributed by atoms with E-state index in [9.17, 15) is 9.59 Å². The van der Waals surface area contributed by atoms with Crippen LogP contribution in [0.3, 0.4) is 0 Å². The van der Waals surface area contributed by atoms with Gasteiger partial charge in [0.2, 0.25) is 5.91 Å². The average Bonchev–Trinajstić information content (AvgIpc) is 3.24. The lowest BCUT2D eigenvalue weighted by Gasteiger charge is -1.99. The Bertz CT molecular complexity index is 955. The van der Waals surface area contributed by atoms with E-state index in [0.717, 1.165) is 5.56 Å². The zero-order valence-corrected chi connectivity index (χ0v) is 14.7. The summed E-state index contributed by atoms with van der Waals surface area (Å²) >= 11 is 5.82. The maximum Gasteiger partial charge on any atom is 0.248 e. The van der Waals surface area contributed by atoms with Crippen LogP contribution in [0.15, 0.2) is 59.3 Å². The number of hydrogen-bond donors (Lipinski definition) is 1. The van der Waals surface area contributed by atoms with E-state index in [-0.39, 0.29) is 11.7 Å². The Morgan fingerprint density at radius 3 is 2.69 bits per heavy atom. The number of carbonyl (C=O) groups is 2. The van der Waals surface area contributed by atoms with Crippen molar-refractivity contribution < 1.29 is 14.0 Å². The molecule has 6 nitrogen and oxygen atoms in total. The number of amides is 1. The van der Waals surface area contributed by atoms with Crippen LogP contribution >= 0.6 is 11.6 Å². The van der Waals surface area contributed by atoms with Crippen molar-refractivity contribution in [2.75, 3.05) is 5.32 Å². The van der Waals surface area contributed by atoms with Gasteiger partial charge in [0, 0.05) is 24.2 Å². The Morgan fingerprint density at radius 2 is 2.00 bits per heavy atom. The van der Waals surface area contributed by atoms with Gasteiger partial charge in [0.25, 0.3) is 0 Å². The van der Waals surface area contributed by atoms with Crippen LogP contribution in [0.1, 0.15) is 28.8 Å². The molecule has 26 heavy (non-hydrogen) atoms. The summed E-state index contributed by atoms with van der Waals surface area (Å²) in [6.45, 7) is 1.81. The number of aromatic nitrogens is 2. The fourth-order valence-electron chi connectivity index (χ4n) is 2.26. The molecule has 0 aliphatic rings. The number of anilines is 1. The SMILES string of the molecule is CC(=O)c1ccc(Cn2cc(NC(=O)C=Cc3ccc(Cl)cc3)cn2)o1. The summed E-state index contributed by atoms with van der Waals surface area (Å²) in [6, 6.07) is 10.5. The Morgan fingerprint density at radius 1 is 1.23 bits per heavy atom. The Kier molecular flexibility index (Phi) is 5.34. The van der Waals surface area contributed by atoms with E-state index in [1.165, 1.54) is 13.0 Å². The Hall–Kier alpha value is -3.12. The first-order valence-corrected chi connectivity index (χ1v) is 8.24. The summed E-state index contributed by atoms with van der Waals surface area (Å²) in [5, 5.41) is 7.54. The van der Waals surface area contributed by atoms with Crippen molar-refractivity contribution in [1.82, 2.24) is 9.78 Å². The number of halogens is 1. The highest BCUT2D eigenvalue weighted by Gasteiger charge is 2.08. The average molecular weight is 370 g/mol. The molecule has 1 aromatic carbocycles. The van der Waals surface area contributed by atoms with Crippen LogP contribution in [-0.4, -0.2) is 21.5 Å². The van der Waals surface area contributed by atoms with E-state index in [4.69, 9.17) is 16.0 Å². The minimum Gasteiger partial charge on any atom is -0.456 e. The molecule has 0 radical (unpaired) electrons. The van der Waals surface area contributed by atoms with Crippen LogP contribution in [0, 0.1) is 0 Å². The molecule has 0 saturated carbocycles. The molecule has 0 unspecified atom stereocenters. The van der Waals surface area contributed by atoms with Gasteiger partial charge in [-0.1, -0.05) is 23.7 Å². The van der Waals surface area contributed by atoms with Crippen LogP contribution in [0.5, 0.6) is 0 Å². The molecule has 2 aromatic heterocycles. The molecule has 0 aliphatic heterocycles. The highest BCUT2D eigenvalue weighted by atomic mass is 35.5. The Labute approximate surface area is 155 Å². The summed E-state index contributed by atoms with van der Waals surface area (Å²) in [7, 11) is 0. The van der Waals surface area contributed by atoms with Crippen molar-refractivity contribution in [3.8, 4) is 0 Å². The molecule has 2 heterocycles. The molecule has 3 aromatic rings. The first-order valence-electron chi connectivity index (χ1n) is 7.86. The van der Waals surface area contributed by atoms with Crippen molar-refractivity contribution in [1.29, 1.82) is 0 Å². The second-order valence-corrected chi connectivity index (χ2v) is 6.06. The van der Waals surface area contributed by atoms with E-state index >= 15 is 0 Å². The molecule has 0 aliphatic carbocycles. The van der Waals surface area contributed by atoms with Crippen LogP contribution in [0.4, 0.5) is 5.69 Å². The predicted molar refractivity (Wildman–Crippen MR) is 99.2 cm³/mol. The van der Waals surface area contributed by atoms with Gasteiger partial charge >= 0.3 is 0 Å². The molecule has 1 N–H and O–H groups in total. The summed E-state index contributed by atoms with van der Waals surface area (Å²) in [4.78, 5) is 23.2. The monoisotopic (exact) mass is 369 g/mol. The zero-order chi connectivity index (χ0) is 18.5. The van der Waals surface area contributed by atoms with Crippen LogP contribution in [0.2, 0.25) is 5.02 Å². The van der Waals surface area contributed by atoms with Crippen molar-refractivity contribution in [3.05, 3.63) is 77.0 Å². The van der Waals surface area contributed by atoms with Gasteiger partial charge in [0.05, 0.1) is 18.4 Å². The minimum atomic E-state index is -0.267. The fraction of sp³-hybridized carbons (Fsp3) is 0.105. The third-order valence-corrected chi connectivity index (χ3v) is 3.78. The normalized spacial score (nSPS) is 11.0. The highest BCUT2D eigenvalue weighted by Crippen LogP contribution is 2.13. The minimum absolute atomic E-state index is 0.128. The van der Waals surface area contributed by atoms with Crippen molar-refractivity contribution in [2.45, 2.75) is 13.5 Å². The van der Waals surface area contributed by atoms with Crippen LogP contribution in [-0.2, 0) is 11.3 Å². The quantitative estimate of drug-likeness (QED) is 0.525. The van der Waals surface area contributed by atoms with Gasteiger partial charge in [-0.05, 0) is 35.9 Å². The van der Waals surface area contributed by atoms with Gasteiger partial charge in [-0.3, -0.25) is 14.3 Å². The standard InChI is InChI=1S/C19H16ClN3O3/c1-13(24)18-8-7-17(26-18)12-23-11-16(10-21-23)22-19(25)9-4-14-2-5-15(20)6-3-14/h2-11H,12H2,1H3,(H,22,25). The lowest BCUT2D eigenvalue weighted by Crippen LogP contribution is -2.07. The molecule has 3 rings (SSSR count). The topological polar surface area (TPSA) is 77.1 Å². The third-order valence-electron chi connectivity index (χ3n) is 3.52. The molecule has 0 bridgehead atoms. The van der Waals surface area contributed by atoms with Crippen molar-refractivity contribution in [2.24, 2.45) is 0 Å². The fourth-order valence-corrected chi connectivity index (χ4v) is 2.38. The lowest BCUT2D eigenvalue weighted by molar-refractivity contribution is -0.111. The number of benzene rings is 1. The zero-order valence-electron chi connectivity index (χ0n) is 14.0. The van der Waals surface area contributed by atoms with Gasteiger partial charge in [-0.25, -0.2) is 0 Å². The molecule has 1 amide bonds. The second kappa shape index (κ2) is 7.84. The first kappa shape index (κ1) is 17.7. The molecular formula is C19H16ClN3O3. The third kappa shape index (κ3) is 4.70. The molecule has 0 fully saturated rings. The maximum absolute atomic E-state index is 12.0. The molecule has 0 saturated heterocycles. The highest BCUT2D eigenvalue weighted by molar-refractivity contribution is 6.30. The number of ketones is 1. The number of furan rings is 1. The number of rotatable bonds is 6. The van der Waals surface area contributed by atoms with E-state index in [1.54, 1.807) is 47.4 Å². The lowest BCUT2D eigenvalue weighted by atomic mass is 10.2. The van der Waals surface area contributed by atoms with Crippen LogP contribution < -0.4 is 5.32 Å². The number of nitrogens with one attached hydrogen (secondary N) is 1. The van der Waals surface area contributed by atoms with Crippen molar-refractivity contribution in [3.63, 3.8) is 0 Å². The first-order chi connectivity index (χ1) is 12.5. The molecular weight excluding hydrogens is 354 g/mol. The smallest absolute Gasteiger partial charge is 0.248 e. The second-order valence-electron chi connectivity index (χ2n) is 5.62. The van der Waals surface area contributed by atoms with E-state index in [0.29, 0.717) is 28.8 Å². The van der Waals surface area contributed by atoms with E-state index < -0.39 is 0 Å². The predicted octanol–water partition coefficient (Wildman–Crippen LogP) is 4.03. The number of carbonyl (C=O) groups excluding carboxylic acids is 2. The molecule has 0 atom stereocenters. The number of hydrogen-bond acceptors (Lipinski definition) is 4. The summed E-state index contributed by atoms with van der Waals surface area (Å²) in [5.41, 5.74) is 1.44. The largest absolute Gasteiger partial charge is 0.456 e. The van der Waals surface area contributed by atoms with Crippen molar-refractivity contribution >= 4 is 35.1 Å². The Balaban J connectivity index is 1.57. The van der Waals surface area contributed by atoms with Gasteiger partial charge < -0.3 is 9.73 Å². The van der Waals surface area contributed by atoms with Gasteiger partial charge in [0.1, 0.15) is 5.76 Å². The number of nitrogens with zero attached hydrogens (tertiary/aromatic N) is 2. The molecule has 7 heteroatoms. The summed E-state index contributed by atoms with van der Waals surface area (Å²) in [5.74, 6) is 0.528. The molecule has 0 spiro atoms. The maximum atomic E-state index is 12.0. The summed E-state index contributed by atoms with van der Waals surface area (Å²) < 4.78 is 7.03. The van der Waals surface area contributed by atoms with Gasteiger partial charge in [-0.15, -0.1) is 0 Å². The van der Waals surface area contributed by atoms with Crippen LogP contribution in [0.25, 0.3) is 6.08 Å². The van der Waals surface area contributed by atoms with E-state index in [2.05, 4.69) is 10.4 Å². The molecule has 132 valence electrons. The summed E-state index contributed by atoms with van der Waals surface area (Å²) in [6.07, 6.45) is 6.36. The number of Topliss-reactive ketones (excluding diaryl/α,β-unsaturated/α-hetero) is 1. The van der Waals surface area contributed by atoms with Gasteiger partial charge in [0.15, 0.2) is 11.5 Å².